The molecule has 4 heterocycles. The highest BCUT2D eigenvalue weighted by molar-refractivity contribution is 5.81. The molecule has 0 aromatic carbocycles. The van der Waals surface area contributed by atoms with Crippen molar-refractivity contribution in [2.75, 3.05) is 5.73 Å². The number of fused-ring (bicyclic) bond motifs is 3. The Labute approximate surface area is 105 Å². The van der Waals surface area contributed by atoms with E-state index in [4.69, 9.17) is 10.5 Å². The molecule has 0 aliphatic carbocycles. The summed E-state index contributed by atoms with van der Waals surface area (Å²) in [7, 11) is 0. The van der Waals surface area contributed by atoms with Gasteiger partial charge >= 0.3 is 5.69 Å². The Hall–Kier alpha value is -2.04. The molecule has 19 heavy (non-hydrogen) atoms. The van der Waals surface area contributed by atoms with Crippen molar-refractivity contribution in [3.63, 3.8) is 0 Å². The van der Waals surface area contributed by atoms with E-state index >= 15 is 0 Å². The molecule has 100 valence electrons. The van der Waals surface area contributed by atoms with E-state index in [-0.39, 0.29) is 17.9 Å². The van der Waals surface area contributed by atoms with Gasteiger partial charge in [0.15, 0.2) is 23.2 Å². The second kappa shape index (κ2) is 3.29. The van der Waals surface area contributed by atoms with E-state index in [9.17, 15) is 15.0 Å². The molecular weight excluding hydrogens is 256 g/mol. The summed E-state index contributed by atoms with van der Waals surface area (Å²) in [5, 5.41) is 27.6. The molecule has 4 atom stereocenters. The molecule has 2 aliphatic rings. The number of anilines is 1. The molecule has 10 heteroatoms. The number of ether oxygens (including phenoxy) is 1. The van der Waals surface area contributed by atoms with Crippen molar-refractivity contribution in [3.05, 3.63) is 10.5 Å². The molecule has 2 aliphatic heterocycles. The van der Waals surface area contributed by atoms with Crippen LogP contribution in [-0.4, -0.2) is 53.1 Å². The zero-order valence-corrected chi connectivity index (χ0v) is 9.54. The molecule has 2 bridgehead atoms. The maximum absolute atomic E-state index is 12.0. The molecule has 4 N–H and O–H groups in total. The van der Waals surface area contributed by atoms with E-state index in [0.717, 1.165) is 4.57 Å². The lowest BCUT2D eigenvalue weighted by Crippen LogP contribution is -2.39. The van der Waals surface area contributed by atoms with Gasteiger partial charge in [-0.2, -0.15) is 4.98 Å². The van der Waals surface area contributed by atoms with Crippen LogP contribution in [0.4, 0.5) is 5.82 Å². The van der Waals surface area contributed by atoms with Gasteiger partial charge in [-0.3, -0.25) is 0 Å². The lowest BCUT2D eigenvalue weighted by Gasteiger charge is -2.19. The van der Waals surface area contributed by atoms with Crippen molar-refractivity contribution in [2.45, 2.75) is 31.1 Å². The normalized spacial score (nSPS) is 32.7. The Balaban J connectivity index is 2.11. The van der Waals surface area contributed by atoms with E-state index in [2.05, 4.69) is 15.3 Å². The summed E-state index contributed by atoms with van der Waals surface area (Å²) in [6, 6.07) is 0. The molecule has 4 rings (SSSR count). The van der Waals surface area contributed by atoms with Gasteiger partial charge in [-0.1, -0.05) is 5.21 Å². The summed E-state index contributed by atoms with van der Waals surface area (Å²) in [6.07, 6.45) is -3.98. The van der Waals surface area contributed by atoms with Gasteiger partial charge in [-0.25, -0.2) is 14.0 Å². The molecule has 0 amide bonds. The van der Waals surface area contributed by atoms with Crippen molar-refractivity contribution in [2.24, 2.45) is 0 Å². The Morgan fingerprint density at radius 2 is 2.16 bits per heavy atom. The molecule has 1 saturated heterocycles. The van der Waals surface area contributed by atoms with E-state index in [1.54, 1.807) is 0 Å². The maximum Gasteiger partial charge on any atom is 0.353 e. The van der Waals surface area contributed by atoms with Crippen LogP contribution in [0.3, 0.4) is 0 Å². The minimum atomic E-state index is -1.21. The quantitative estimate of drug-likeness (QED) is 0.464. The van der Waals surface area contributed by atoms with Gasteiger partial charge in [0.1, 0.15) is 18.3 Å². The third-order valence-electron chi connectivity index (χ3n) is 3.55. The highest BCUT2D eigenvalue weighted by Gasteiger charge is 2.47. The number of nitrogens with two attached hydrogens (primary N) is 1. The third kappa shape index (κ3) is 1.20. The van der Waals surface area contributed by atoms with E-state index < -0.39 is 30.2 Å². The van der Waals surface area contributed by atoms with Crippen molar-refractivity contribution in [1.29, 1.82) is 0 Å². The van der Waals surface area contributed by atoms with Gasteiger partial charge < -0.3 is 20.7 Å². The average Bonchev–Trinajstić information content (AvgIpc) is 2.82. The Kier molecular flexibility index (Phi) is 1.88. The van der Waals surface area contributed by atoms with E-state index in [0.29, 0.717) is 5.65 Å². The first-order valence-electron chi connectivity index (χ1n) is 5.70. The van der Waals surface area contributed by atoms with Crippen LogP contribution in [-0.2, 0) is 11.3 Å². The van der Waals surface area contributed by atoms with Gasteiger partial charge in [-0.05, 0) is 0 Å². The fourth-order valence-corrected chi connectivity index (χ4v) is 2.63. The monoisotopic (exact) mass is 266 g/mol. The highest BCUT2D eigenvalue weighted by Crippen LogP contribution is 2.34. The van der Waals surface area contributed by atoms with Crippen LogP contribution in [0, 0.1) is 0 Å². The number of nitrogens with zero attached hydrogens (tertiary/aromatic N) is 5. The number of aliphatic hydroxyl groups is 2. The van der Waals surface area contributed by atoms with Crippen LogP contribution in [0.15, 0.2) is 4.79 Å². The van der Waals surface area contributed by atoms with Crippen LogP contribution in [0.2, 0.25) is 0 Å². The predicted molar refractivity (Wildman–Crippen MR) is 59.9 cm³/mol. The number of hydrogen-bond acceptors (Lipinski definition) is 8. The molecular formula is C9H10N6O4. The largest absolute Gasteiger partial charge is 0.387 e. The highest BCUT2D eigenvalue weighted by atomic mass is 16.6. The number of aliphatic hydroxyl groups excluding tert-OH is 2. The predicted octanol–water partition coefficient (Wildman–Crippen LogP) is -2.80. The van der Waals surface area contributed by atoms with Gasteiger partial charge in [0.2, 0.25) is 0 Å². The summed E-state index contributed by atoms with van der Waals surface area (Å²) >= 11 is 0. The van der Waals surface area contributed by atoms with Crippen LogP contribution >= 0.6 is 0 Å². The summed E-state index contributed by atoms with van der Waals surface area (Å²) in [4.78, 5) is 15.6. The fraction of sp³-hybridized carbons (Fsp3) is 0.556. The first-order chi connectivity index (χ1) is 9.08. The van der Waals surface area contributed by atoms with Gasteiger partial charge in [0.25, 0.3) is 0 Å². The number of hydrogen-bond donors (Lipinski definition) is 3. The molecule has 0 saturated carbocycles. The van der Waals surface area contributed by atoms with E-state index in [1.807, 2.05) is 0 Å². The minimum absolute atomic E-state index is 0.0182. The van der Waals surface area contributed by atoms with Crippen LogP contribution in [0.25, 0.3) is 11.2 Å². The molecule has 0 radical (unpaired) electrons. The summed E-state index contributed by atoms with van der Waals surface area (Å²) in [5.74, 6) is -0.0182. The molecule has 2 unspecified atom stereocenters. The van der Waals surface area contributed by atoms with Crippen LogP contribution in [0.5, 0.6) is 0 Å². The molecule has 10 nitrogen and oxygen atoms in total. The number of rotatable bonds is 0. The second-order valence-electron chi connectivity index (χ2n) is 4.64. The van der Waals surface area contributed by atoms with Crippen molar-refractivity contribution >= 4 is 17.0 Å². The Morgan fingerprint density at radius 3 is 2.95 bits per heavy atom. The molecule has 2 aromatic heterocycles. The Morgan fingerprint density at radius 1 is 1.37 bits per heavy atom. The minimum Gasteiger partial charge on any atom is -0.387 e. The van der Waals surface area contributed by atoms with Crippen molar-refractivity contribution in [3.8, 4) is 0 Å². The SMILES string of the molecule is Nc1nc(=O)n2c3c1nnn3C[C@H]1O[C@@H]2C(O)C1O. The van der Waals surface area contributed by atoms with Gasteiger partial charge in [-0.15, -0.1) is 5.10 Å². The Bertz CT molecular complexity index is 738. The molecule has 1 fully saturated rings. The smallest absolute Gasteiger partial charge is 0.353 e. The second-order valence-corrected chi connectivity index (χ2v) is 4.64. The summed E-state index contributed by atoms with van der Waals surface area (Å²) < 4.78 is 8.05. The first-order valence-corrected chi connectivity index (χ1v) is 5.70. The van der Waals surface area contributed by atoms with Gasteiger partial charge in [0, 0.05) is 0 Å². The summed E-state index contributed by atoms with van der Waals surface area (Å²) in [6.45, 7) is 0.175. The van der Waals surface area contributed by atoms with Crippen LogP contribution < -0.4 is 11.4 Å². The standard InChI is InChI=1S/C9H10N6O4/c10-6-3-7-14(13-12-3)1-2-4(16)5(17)8(19-2)15(7)9(18)11-6/h2,4-5,8,16-17H,1H2,(H2,10,11,18)/t2-,4?,5?,8-/m1/s1. The fourth-order valence-electron chi connectivity index (χ4n) is 2.63. The molecule has 0 spiro atoms. The zero-order chi connectivity index (χ0) is 13.3. The third-order valence-corrected chi connectivity index (χ3v) is 3.55. The lowest BCUT2D eigenvalue weighted by atomic mass is 10.1. The van der Waals surface area contributed by atoms with E-state index in [1.165, 1.54) is 4.68 Å². The maximum atomic E-state index is 12.0. The first kappa shape index (κ1) is 10.8. The topological polar surface area (TPSA) is 141 Å². The number of nitrogen functional groups attached to an aromatic ring is 1. The zero-order valence-electron chi connectivity index (χ0n) is 9.54. The lowest BCUT2D eigenvalue weighted by molar-refractivity contribution is -0.0357. The van der Waals surface area contributed by atoms with Crippen LogP contribution in [0.1, 0.15) is 6.23 Å². The number of aromatic nitrogens is 5. The summed E-state index contributed by atoms with van der Waals surface area (Å²) in [5.41, 5.74) is 5.58. The van der Waals surface area contributed by atoms with Crippen molar-refractivity contribution < 1.29 is 14.9 Å². The average molecular weight is 266 g/mol. The van der Waals surface area contributed by atoms with Gasteiger partial charge in [0.05, 0.1) is 6.54 Å². The molecule has 2 aromatic rings. The van der Waals surface area contributed by atoms with Crippen molar-refractivity contribution in [1.82, 2.24) is 24.5 Å².